The lowest BCUT2D eigenvalue weighted by molar-refractivity contribution is 0.0849. The average molecular weight is 306 g/mol. The zero-order valence-electron chi connectivity index (χ0n) is 13.5. The van der Waals surface area contributed by atoms with Gasteiger partial charge in [-0.3, -0.25) is 0 Å². The van der Waals surface area contributed by atoms with Gasteiger partial charge < -0.3 is 20.1 Å². The van der Waals surface area contributed by atoms with Crippen molar-refractivity contribution in [1.29, 1.82) is 0 Å². The smallest absolute Gasteiger partial charge is 0.151 e. The minimum Gasteiger partial charge on any atom is -0.381 e. The predicted octanol–water partition coefficient (Wildman–Crippen LogP) is 1.62. The summed E-state index contributed by atoms with van der Waals surface area (Å²) in [6.45, 7) is 8.11. The largest absolute Gasteiger partial charge is 0.381 e. The quantitative estimate of drug-likeness (QED) is 0.914. The molecule has 0 amide bonds. The van der Waals surface area contributed by atoms with Crippen molar-refractivity contribution in [1.82, 2.24) is 10.2 Å². The summed E-state index contributed by atoms with van der Waals surface area (Å²) in [5.74, 6) is 1.42. The molecular formula is C16H26N4O2. The molecule has 3 rings (SSSR count). The fourth-order valence-corrected chi connectivity index (χ4v) is 3.30. The van der Waals surface area contributed by atoms with Crippen LogP contribution in [0.25, 0.3) is 0 Å². The topological polar surface area (TPSA) is 73.5 Å². The minimum atomic E-state index is -0.0958. The standard InChI is InChI=1S/C16H26N4O2/c1-11-10-22-8-5-20(11)15-9-14(13-3-6-21-7-4-13)16(12(2)17)19-18-15/h9,11-13H,3-8,10,17H2,1-2H3/t11-,12?/m1/s1. The monoisotopic (exact) mass is 306 g/mol. The summed E-state index contributed by atoms with van der Waals surface area (Å²) in [5.41, 5.74) is 8.29. The van der Waals surface area contributed by atoms with Crippen molar-refractivity contribution in [3.8, 4) is 0 Å². The first-order valence-electron chi connectivity index (χ1n) is 8.22. The Labute approximate surface area is 132 Å². The highest BCUT2D eigenvalue weighted by Gasteiger charge is 2.26. The van der Waals surface area contributed by atoms with Crippen LogP contribution in [-0.2, 0) is 9.47 Å². The molecule has 3 heterocycles. The average Bonchev–Trinajstić information content (AvgIpc) is 2.55. The van der Waals surface area contributed by atoms with Crippen LogP contribution in [0, 0.1) is 0 Å². The van der Waals surface area contributed by atoms with Crippen molar-refractivity contribution in [2.45, 2.75) is 44.7 Å². The van der Waals surface area contributed by atoms with Crippen LogP contribution >= 0.6 is 0 Å². The van der Waals surface area contributed by atoms with Gasteiger partial charge in [0.05, 0.1) is 24.9 Å². The molecule has 0 spiro atoms. The van der Waals surface area contributed by atoms with Crippen molar-refractivity contribution in [3.05, 3.63) is 17.3 Å². The van der Waals surface area contributed by atoms with Gasteiger partial charge in [0.15, 0.2) is 5.82 Å². The van der Waals surface area contributed by atoms with E-state index in [0.717, 1.165) is 57.3 Å². The molecule has 1 aromatic heterocycles. The Bertz CT molecular complexity index is 503. The number of anilines is 1. The van der Waals surface area contributed by atoms with E-state index >= 15 is 0 Å². The maximum atomic E-state index is 6.11. The molecule has 2 N–H and O–H groups in total. The third-order valence-corrected chi connectivity index (χ3v) is 4.59. The van der Waals surface area contributed by atoms with E-state index in [-0.39, 0.29) is 6.04 Å². The zero-order chi connectivity index (χ0) is 15.5. The lowest BCUT2D eigenvalue weighted by Crippen LogP contribution is -2.44. The molecule has 6 heteroatoms. The molecule has 0 saturated carbocycles. The molecule has 0 aromatic carbocycles. The molecule has 22 heavy (non-hydrogen) atoms. The van der Waals surface area contributed by atoms with Gasteiger partial charge in [0, 0.05) is 25.8 Å². The number of aromatic nitrogens is 2. The zero-order valence-corrected chi connectivity index (χ0v) is 13.5. The van der Waals surface area contributed by atoms with Crippen LogP contribution in [0.3, 0.4) is 0 Å². The van der Waals surface area contributed by atoms with Crippen molar-refractivity contribution >= 4 is 5.82 Å². The number of rotatable bonds is 3. The van der Waals surface area contributed by atoms with Gasteiger partial charge in [0.2, 0.25) is 0 Å². The van der Waals surface area contributed by atoms with E-state index in [2.05, 4.69) is 28.1 Å². The molecule has 2 saturated heterocycles. The van der Waals surface area contributed by atoms with Crippen molar-refractivity contribution in [2.24, 2.45) is 5.73 Å². The molecule has 2 aliphatic heterocycles. The van der Waals surface area contributed by atoms with E-state index in [1.54, 1.807) is 0 Å². The van der Waals surface area contributed by atoms with Crippen LogP contribution in [-0.4, -0.2) is 49.2 Å². The first-order chi connectivity index (χ1) is 10.7. The Balaban J connectivity index is 1.92. The van der Waals surface area contributed by atoms with Gasteiger partial charge >= 0.3 is 0 Å². The summed E-state index contributed by atoms with van der Waals surface area (Å²) >= 11 is 0. The highest BCUT2D eigenvalue weighted by molar-refractivity contribution is 5.44. The first-order valence-corrected chi connectivity index (χ1v) is 8.22. The SMILES string of the molecule is CC(N)c1nnc(N2CCOC[C@H]2C)cc1C1CCOCC1. The van der Waals surface area contributed by atoms with E-state index in [0.29, 0.717) is 12.0 Å². The number of nitrogens with zero attached hydrogens (tertiary/aromatic N) is 3. The van der Waals surface area contributed by atoms with E-state index in [4.69, 9.17) is 15.2 Å². The van der Waals surface area contributed by atoms with E-state index < -0.39 is 0 Å². The van der Waals surface area contributed by atoms with Gasteiger partial charge in [0.1, 0.15) is 0 Å². The van der Waals surface area contributed by atoms with E-state index in [1.165, 1.54) is 5.56 Å². The summed E-state index contributed by atoms with van der Waals surface area (Å²) in [6.07, 6.45) is 2.06. The van der Waals surface area contributed by atoms with Crippen LogP contribution in [0.15, 0.2) is 6.07 Å². The lowest BCUT2D eigenvalue weighted by Gasteiger charge is -2.35. The summed E-state index contributed by atoms with van der Waals surface area (Å²) in [7, 11) is 0. The van der Waals surface area contributed by atoms with Gasteiger partial charge in [-0.2, -0.15) is 5.10 Å². The molecule has 122 valence electrons. The third-order valence-electron chi connectivity index (χ3n) is 4.59. The van der Waals surface area contributed by atoms with Gasteiger partial charge in [-0.05, 0) is 44.2 Å². The summed E-state index contributed by atoms with van der Waals surface area (Å²) in [5, 5.41) is 8.90. The number of ether oxygens (including phenoxy) is 2. The fraction of sp³-hybridized carbons (Fsp3) is 0.750. The Morgan fingerprint density at radius 1 is 1.23 bits per heavy atom. The van der Waals surface area contributed by atoms with Gasteiger partial charge in [-0.1, -0.05) is 0 Å². The molecular weight excluding hydrogens is 280 g/mol. The second-order valence-electron chi connectivity index (χ2n) is 6.34. The minimum absolute atomic E-state index is 0.0958. The molecule has 2 atom stereocenters. The Hall–Kier alpha value is -1.24. The molecule has 0 bridgehead atoms. The number of morpholine rings is 1. The van der Waals surface area contributed by atoms with Crippen molar-refractivity contribution in [3.63, 3.8) is 0 Å². The first kappa shape index (κ1) is 15.6. The van der Waals surface area contributed by atoms with Gasteiger partial charge in [-0.15, -0.1) is 5.10 Å². The third kappa shape index (κ3) is 3.24. The van der Waals surface area contributed by atoms with Crippen LogP contribution in [0.1, 0.15) is 49.9 Å². The van der Waals surface area contributed by atoms with Crippen LogP contribution in [0.2, 0.25) is 0 Å². The molecule has 1 aromatic rings. The maximum Gasteiger partial charge on any atom is 0.151 e. The van der Waals surface area contributed by atoms with Gasteiger partial charge in [-0.25, -0.2) is 0 Å². The molecule has 6 nitrogen and oxygen atoms in total. The predicted molar refractivity (Wildman–Crippen MR) is 85.1 cm³/mol. The summed E-state index contributed by atoms with van der Waals surface area (Å²) in [4.78, 5) is 2.28. The highest BCUT2D eigenvalue weighted by atomic mass is 16.5. The molecule has 1 unspecified atom stereocenters. The van der Waals surface area contributed by atoms with E-state index in [1.807, 2.05) is 6.92 Å². The molecule has 0 radical (unpaired) electrons. The highest BCUT2D eigenvalue weighted by Crippen LogP contribution is 2.32. The second kappa shape index (κ2) is 6.89. The molecule has 0 aliphatic carbocycles. The van der Waals surface area contributed by atoms with Crippen LogP contribution in [0.5, 0.6) is 0 Å². The van der Waals surface area contributed by atoms with E-state index in [9.17, 15) is 0 Å². The van der Waals surface area contributed by atoms with Gasteiger partial charge in [0.25, 0.3) is 0 Å². The molecule has 2 aliphatic rings. The number of hydrogen-bond donors (Lipinski definition) is 1. The number of hydrogen-bond acceptors (Lipinski definition) is 6. The summed E-state index contributed by atoms with van der Waals surface area (Å²) in [6, 6.07) is 2.43. The fourth-order valence-electron chi connectivity index (χ4n) is 3.30. The summed E-state index contributed by atoms with van der Waals surface area (Å²) < 4.78 is 11.0. The Morgan fingerprint density at radius 2 is 2.00 bits per heavy atom. The second-order valence-corrected chi connectivity index (χ2v) is 6.34. The Kier molecular flexibility index (Phi) is 4.90. The molecule has 2 fully saturated rings. The number of nitrogens with two attached hydrogens (primary N) is 1. The normalized spacial score (nSPS) is 25.2. The van der Waals surface area contributed by atoms with Crippen LogP contribution in [0.4, 0.5) is 5.82 Å². The lowest BCUT2D eigenvalue weighted by atomic mass is 9.89. The Morgan fingerprint density at radius 3 is 2.68 bits per heavy atom. The maximum absolute atomic E-state index is 6.11. The van der Waals surface area contributed by atoms with Crippen LogP contribution < -0.4 is 10.6 Å². The van der Waals surface area contributed by atoms with Crippen molar-refractivity contribution in [2.75, 3.05) is 37.9 Å². The van der Waals surface area contributed by atoms with Crippen molar-refractivity contribution < 1.29 is 9.47 Å².